The number of phosphoric ester groups is 1. The maximum Gasteiger partial charge on any atom is 0.470 e. The van der Waals surface area contributed by atoms with E-state index in [9.17, 15) is 18.1 Å². The van der Waals surface area contributed by atoms with E-state index in [-0.39, 0.29) is 33.8 Å². The number of nitrogens with zero attached hydrogens (tertiary/aromatic N) is 4. The van der Waals surface area contributed by atoms with Crippen LogP contribution in [0, 0.1) is 5.82 Å². The first-order valence-electron chi connectivity index (χ1n) is 12.0. The number of carbonyl (C=O) groups excluding carboxylic acids is 1. The van der Waals surface area contributed by atoms with Crippen molar-refractivity contribution in [1.29, 1.82) is 0 Å². The summed E-state index contributed by atoms with van der Waals surface area (Å²) in [5.41, 5.74) is 0.108. The molecule has 2 atom stereocenters. The molecule has 2 bridgehead atoms. The summed E-state index contributed by atoms with van der Waals surface area (Å²) in [5, 5.41) is 2.87. The predicted molar refractivity (Wildman–Crippen MR) is 133 cm³/mol. The SMILES string of the molecule is CC(C)(OP(=O)(O)O)c1ncc(-c2cc3c(cc2F)nc2n3C3C[C@H]2NC(=O)c2cccc(OC(F)F)c23)cn1. The first-order valence-corrected chi connectivity index (χ1v) is 13.5. The molecular formula is C25H21F3N5O6P. The number of phosphoric acid groups is 1. The molecular weight excluding hydrogens is 554 g/mol. The fourth-order valence-corrected chi connectivity index (χ4v) is 6.05. The van der Waals surface area contributed by atoms with E-state index in [1.807, 2.05) is 0 Å². The van der Waals surface area contributed by atoms with Crippen LogP contribution in [0.5, 0.6) is 5.75 Å². The van der Waals surface area contributed by atoms with Crippen molar-refractivity contribution in [3.63, 3.8) is 0 Å². The lowest BCUT2D eigenvalue weighted by Crippen LogP contribution is -2.28. The highest BCUT2D eigenvalue weighted by molar-refractivity contribution is 7.46. The molecule has 40 heavy (non-hydrogen) atoms. The minimum absolute atomic E-state index is 0.0322. The van der Waals surface area contributed by atoms with Crippen molar-refractivity contribution in [1.82, 2.24) is 24.8 Å². The van der Waals surface area contributed by atoms with Crippen LogP contribution in [-0.4, -0.2) is 41.8 Å². The number of hydrogen-bond acceptors (Lipinski definition) is 7. The highest BCUT2D eigenvalue weighted by Gasteiger charge is 2.42. The molecule has 2 aliphatic rings. The maximum absolute atomic E-state index is 15.3. The number of carbonyl (C=O) groups is 1. The highest BCUT2D eigenvalue weighted by Crippen LogP contribution is 2.48. The van der Waals surface area contributed by atoms with E-state index in [0.717, 1.165) is 0 Å². The van der Waals surface area contributed by atoms with Crippen molar-refractivity contribution in [2.24, 2.45) is 0 Å². The van der Waals surface area contributed by atoms with Gasteiger partial charge in [0.1, 0.15) is 23.0 Å². The molecule has 2 aromatic heterocycles. The number of imidazole rings is 1. The Balaban J connectivity index is 1.46. The summed E-state index contributed by atoms with van der Waals surface area (Å²) < 4.78 is 64.4. The van der Waals surface area contributed by atoms with Gasteiger partial charge in [-0.3, -0.25) is 9.32 Å². The zero-order valence-electron chi connectivity index (χ0n) is 20.9. The molecule has 0 radical (unpaired) electrons. The number of aromatic nitrogens is 4. The van der Waals surface area contributed by atoms with Gasteiger partial charge in [-0.15, -0.1) is 0 Å². The van der Waals surface area contributed by atoms with E-state index in [0.29, 0.717) is 23.3 Å². The van der Waals surface area contributed by atoms with Gasteiger partial charge in [0.25, 0.3) is 5.91 Å². The average molecular weight is 575 g/mol. The van der Waals surface area contributed by atoms with Gasteiger partial charge in [-0.05, 0) is 38.5 Å². The second kappa shape index (κ2) is 9.10. The van der Waals surface area contributed by atoms with Gasteiger partial charge in [0.2, 0.25) is 0 Å². The van der Waals surface area contributed by atoms with Crippen LogP contribution in [0.25, 0.3) is 22.2 Å². The molecule has 0 saturated carbocycles. The zero-order chi connectivity index (χ0) is 28.6. The van der Waals surface area contributed by atoms with Gasteiger partial charge in [0, 0.05) is 40.7 Å². The van der Waals surface area contributed by atoms with Crippen molar-refractivity contribution in [2.75, 3.05) is 0 Å². The summed E-state index contributed by atoms with van der Waals surface area (Å²) in [5.74, 6) is -0.800. The molecule has 3 N–H and O–H groups in total. The number of ether oxygens (including phenoxy) is 1. The second-order valence-corrected chi connectivity index (χ2v) is 11.1. The number of amides is 1. The molecule has 4 heterocycles. The Bertz CT molecular complexity index is 1720. The molecule has 1 amide bonds. The summed E-state index contributed by atoms with van der Waals surface area (Å²) in [6.07, 6.45) is 2.93. The molecule has 1 unspecified atom stereocenters. The first kappa shape index (κ1) is 26.4. The summed E-state index contributed by atoms with van der Waals surface area (Å²) in [6, 6.07) is 5.98. The summed E-state index contributed by atoms with van der Waals surface area (Å²) in [7, 11) is -4.84. The fourth-order valence-electron chi connectivity index (χ4n) is 5.37. The number of alkyl halides is 2. The molecule has 2 aliphatic heterocycles. The number of hydrogen-bond donors (Lipinski definition) is 3. The normalized spacial score (nSPS) is 18.4. The minimum atomic E-state index is -4.84. The van der Waals surface area contributed by atoms with Crippen molar-refractivity contribution >= 4 is 24.8 Å². The fraction of sp³-hybridized carbons (Fsp3) is 0.280. The first-order chi connectivity index (χ1) is 18.8. The molecule has 0 aliphatic carbocycles. The van der Waals surface area contributed by atoms with E-state index in [1.54, 1.807) is 4.57 Å². The molecule has 208 valence electrons. The van der Waals surface area contributed by atoms with Crippen LogP contribution in [0.3, 0.4) is 0 Å². The lowest BCUT2D eigenvalue weighted by atomic mass is 9.97. The third-order valence-corrected chi connectivity index (χ3v) is 7.60. The Labute approximate surface area is 224 Å². The van der Waals surface area contributed by atoms with Crippen LogP contribution in [0.15, 0.2) is 42.7 Å². The lowest BCUT2D eigenvalue weighted by Gasteiger charge is -2.23. The van der Waals surface area contributed by atoms with Crippen LogP contribution in [0.4, 0.5) is 13.2 Å². The van der Waals surface area contributed by atoms with Crippen molar-refractivity contribution < 1.29 is 41.6 Å². The molecule has 15 heteroatoms. The lowest BCUT2D eigenvalue weighted by molar-refractivity contribution is -0.0507. The monoisotopic (exact) mass is 575 g/mol. The summed E-state index contributed by atoms with van der Waals surface area (Å²) in [6.45, 7) is -0.339. The standard InChI is InChI=1S/C25H21F3N5O6P/c1-25(2,39-40(35,36)37)23-29-9-11(10-30-23)13-6-17-15(7-14(13)26)31-21-16-8-18(33(17)21)20-12(22(34)32-16)4-3-5-19(20)38-24(27)28/h3-7,9-10,16,18,24H,8H2,1-2H3,(H,32,34)(H2,35,36,37)/t16-,18?/m1/s1. The smallest absolute Gasteiger partial charge is 0.434 e. The van der Waals surface area contributed by atoms with Gasteiger partial charge in [-0.2, -0.15) is 8.78 Å². The van der Waals surface area contributed by atoms with Gasteiger partial charge >= 0.3 is 14.4 Å². The van der Waals surface area contributed by atoms with Gasteiger partial charge < -0.3 is 24.4 Å². The zero-order valence-corrected chi connectivity index (χ0v) is 21.8. The highest BCUT2D eigenvalue weighted by atomic mass is 31.2. The Morgan fingerprint density at radius 1 is 1.18 bits per heavy atom. The van der Waals surface area contributed by atoms with Crippen LogP contribution in [0.1, 0.15) is 59.9 Å². The Morgan fingerprint density at radius 3 is 2.58 bits per heavy atom. The molecule has 11 nitrogen and oxygen atoms in total. The van der Waals surface area contributed by atoms with E-state index >= 15 is 4.39 Å². The van der Waals surface area contributed by atoms with Crippen LogP contribution in [-0.2, 0) is 14.7 Å². The minimum Gasteiger partial charge on any atom is -0.434 e. The van der Waals surface area contributed by atoms with E-state index in [4.69, 9.17) is 19.0 Å². The number of halogens is 3. The van der Waals surface area contributed by atoms with Crippen LogP contribution < -0.4 is 10.1 Å². The van der Waals surface area contributed by atoms with Crippen LogP contribution >= 0.6 is 7.82 Å². The predicted octanol–water partition coefficient (Wildman–Crippen LogP) is 4.36. The molecule has 2 aromatic carbocycles. The Hall–Kier alpha value is -3.84. The summed E-state index contributed by atoms with van der Waals surface area (Å²) >= 11 is 0. The van der Waals surface area contributed by atoms with Gasteiger partial charge in [0.05, 0.1) is 23.1 Å². The van der Waals surface area contributed by atoms with Gasteiger partial charge in [-0.25, -0.2) is 23.9 Å². The number of benzene rings is 2. The quantitative estimate of drug-likeness (QED) is 0.285. The molecule has 0 spiro atoms. The molecule has 0 fully saturated rings. The van der Waals surface area contributed by atoms with Gasteiger partial charge in [-0.1, -0.05) is 6.07 Å². The van der Waals surface area contributed by atoms with Crippen molar-refractivity contribution in [3.05, 3.63) is 71.3 Å². The Morgan fingerprint density at radius 2 is 1.90 bits per heavy atom. The van der Waals surface area contributed by atoms with E-state index in [2.05, 4.69) is 20.3 Å². The van der Waals surface area contributed by atoms with E-state index in [1.165, 1.54) is 56.6 Å². The maximum atomic E-state index is 15.3. The number of rotatable bonds is 6. The Kier molecular flexibility index (Phi) is 6.00. The number of fused-ring (bicyclic) bond motifs is 9. The van der Waals surface area contributed by atoms with Crippen LogP contribution in [0.2, 0.25) is 0 Å². The largest absolute Gasteiger partial charge is 0.470 e. The van der Waals surface area contributed by atoms with Gasteiger partial charge in [0.15, 0.2) is 5.82 Å². The third-order valence-electron chi connectivity index (χ3n) is 6.90. The summed E-state index contributed by atoms with van der Waals surface area (Å²) in [4.78, 5) is 44.1. The topological polar surface area (TPSA) is 149 Å². The van der Waals surface area contributed by atoms with Crippen molar-refractivity contribution in [3.8, 4) is 16.9 Å². The molecule has 6 rings (SSSR count). The second-order valence-electron chi connectivity index (χ2n) is 9.92. The van der Waals surface area contributed by atoms with E-state index < -0.39 is 43.8 Å². The third kappa shape index (κ3) is 4.42. The molecule has 4 aromatic rings. The number of nitrogens with one attached hydrogen (secondary N) is 1. The van der Waals surface area contributed by atoms with Crippen molar-refractivity contribution in [2.45, 2.75) is 44.6 Å². The average Bonchev–Trinajstić information content (AvgIpc) is 3.33. The molecule has 0 saturated heterocycles.